The number of hydrogen-bond acceptors (Lipinski definition) is 5. The van der Waals surface area contributed by atoms with E-state index in [1.165, 1.54) is 12.1 Å². The fourth-order valence-electron chi connectivity index (χ4n) is 2.96. The summed E-state index contributed by atoms with van der Waals surface area (Å²) in [6.45, 7) is 5.23. The van der Waals surface area contributed by atoms with Crippen molar-refractivity contribution in [2.45, 2.75) is 39.8 Å². The molecule has 0 saturated heterocycles. The molecule has 3 rings (SSSR count). The van der Waals surface area contributed by atoms with E-state index < -0.39 is 0 Å². The second-order valence-electron chi connectivity index (χ2n) is 6.58. The second-order valence-corrected chi connectivity index (χ2v) is 6.58. The molecule has 8 heteroatoms. The Morgan fingerprint density at radius 2 is 1.87 bits per heavy atom. The summed E-state index contributed by atoms with van der Waals surface area (Å²) in [5.41, 5.74) is 3.02. The summed E-state index contributed by atoms with van der Waals surface area (Å²) in [4.78, 5) is 8.48. The lowest BCUT2D eigenvalue weighted by Crippen LogP contribution is -2.36. The van der Waals surface area contributed by atoms with Crippen LogP contribution in [0.5, 0.6) is 11.6 Å². The van der Waals surface area contributed by atoms with Gasteiger partial charge in [-0.25, -0.2) is 9.37 Å². The third-order valence-electron chi connectivity index (χ3n) is 4.56. The van der Waals surface area contributed by atoms with E-state index in [2.05, 4.69) is 32.7 Å². The first kappa shape index (κ1) is 21.3. The molecule has 0 bridgehead atoms. The number of nitrogens with zero attached hydrogens (tertiary/aromatic N) is 3. The van der Waals surface area contributed by atoms with Crippen LogP contribution < -0.4 is 15.4 Å². The molecule has 3 aromatic rings. The summed E-state index contributed by atoms with van der Waals surface area (Å²) in [7, 11) is 1.72. The highest BCUT2D eigenvalue weighted by molar-refractivity contribution is 5.79. The molecular weight excluding hydrogens is 385 g/mol. The van der Waals surface area contributed by atoms with Crippen LogP contribution in [0, 0.1) is 5.82 Å². The molecule has 0 aliphatic rings. The van der Waals surface area contributed by atoms with Gasteiger partial charge in [0.2, 0.25) is 5.88 Å². The predicted octanol–water partition coefficient (Wildman–Crippen LogP) is 3.99. The molecule has 158 valence electrons. The predicted molar refractivity (Wildman–Crippen MR) is 113 cm³/mol. The number of benzene rings is 1. The molecule has 0 unspecified atom stereocenters. The van der Waals surface area contributed by atoms with Crippen molar-refractivity contribution in [3.8, 4) is 11.6 Å². The minimum Gasteiger partial charge on any atom is -0.439 e. The third kappa shape index (κ3) is 5.56. The number of pyridine rings is 1. The van der Waals surface area contributed by atoms with E-state index in [1.54, 1.807) is 25.4 Å². The summed E-state index contributed by atoms with van der Waals surface area (Å²) < 4.78 is 24.1. The maximum absolute atomic E-state index is 13.0. The number of rotatable bonds is 8. The van der Waals surface area contributed by atoms with E-state index in [9.17, 15) is 4.39 Å². The van der Waals surface area contributed by atoms with Crippen LogP contribution in [0.15, 0.2) is 52.1 Å². The van der Waals surface area contributed by atoms with E-state index in [1.807, 2.05) is 19.1 Å². The van der Waals surface area contributed by atoms with Gasteiger partial charge < -0.3 is 19.9 Å². The number of ether oxygens (including phenoxy) is 1. The zero-order valence-electron chi connectivity index (χ0n) is 17.4. The van der Waals surface area contributed by atoms with Crippen LogP contribution in [0.4, 0.5) is 4.39 Å². The van der Waals surface area contributed by atoms with Crippen molar-refractivity contribution in [1.29, 1.82) is 0 Å². The van der Waals surface area contributed by atoms with E-state index in [4.69, 9.17) is 9.26 Å². The minimum absolute atomic E-state index is 0.310. The van der Waals surface area contributed by atoms with Gasteiger partial charge in [0.15, 0.2) is 5.96 Å². The lowest BCUT2D eigenvalue weighted by Gasteiger charge is -2.13. The molecule has 0 aliphatic carbocycles. The topological polar surface area (TPSA) is 84.6 Å². The Bertz CT molecular complexity index is 964. The molecule has 2 heterocycles. The third-order valence-corrected chi connectivity index (χ3v) is 4.56. The highest BCUT2D eigenvalue weighted by Crippen LogP contribution is 2.20. The lowest BCUT2D eigenvalue weighted by atomic mass is 10.1. The molecule has 1 aromatic carbocycles. The average molecular weight is 411 g/mol. The number of nitrogens with one attached hydrogen (secondary N) is 2. The van der Waals surface area contributed by atoms with Crippen LogP contribution in [-0.2, 0) is 25.9 Å². The summed E-state index contributed by atoms with van der Waals surface area (Å²) in [6, 6.07) is 9.54. The zero-order valence-corrected chi connectivity index (χ0v) is 17.4. The maximum atomic E-state index is 13.0. The van der Waals surface area contributed by atoms with Crippen LogP contribution in [0.3, 0.4) is 0 Å². The van der Waals surface area contributed by atoms with Crippen molar-refractivity contribution in [3.05, 3.63) is 71.0 Å². The number of aromatic nitrogens is 2. The van der Waals surface area contributed by atoms with Crippen molar-refractivity contribution < 1.29 is 13.7 Å². The van der Waals surface area contributed by atoms with Gasteiger partial charge in [0.1, 0.15) is 17.3 Å². The van der Waals surface area contributed by atoms with E-state index in [0.717, 1.165) is 35.4 Å². The summed E-state index contributed by atoms with van der Waals surface area (Å²) in [5, 5.41) is 10.7. The van der Waals surface area contributed by atoms with E-state index in [0.29, 0.717) is 30.7 Å². The summed E-state index contributed by atoms with van der Waals surface area (Å²) >= 11 is 0. The fourth-order valence-corrected chi connectivity index (χ4v) is 2.96. The molecule has 0 atom stereocenters. The van der Waals surface area contributed by atoms with E-state index >= 15 is 0 Å². The number of aryl methyl sites for hydroxylation is 2. The molecule has 0 amide bonds. The lowest BCUT2D eigenvalue weighted by molar-refractivity contribution is 0.380. The second kappa shape index (κ2) is 10.4. The number of hydrogen-bond donors (Lipinski definition) is 2. The van der Waals surface area contributed by atoms with Crippen LogP contribution in [0.1, 0.15) is 36.4 Å². The molecule has 7 nitrogen and oxygen atoms in total. The van der Waals surface area contributed by atoms with Gasteiger partial charge in [-0.2, -0.15) is 0 Å². The maximum Gasteiger partial charge on any atom is 0.219 e. The molecule has 30 heavy (non-hydrogen) atoms. The Balaban J connectivity index is 1.57. The van der Waals surface area contributed by atoms with Gasteiger partial charge in [0.05, 0.1) is 5.69 Å². The van der Waals surface area contributed by atoms with Crippen molar-refractivity contribution >= 4 is 5.96 Å². The van der Waals surface area contributed by atoms with Crippen LogP contribution in [-0.4, -0.2) is 23.1 Å². The monoisotopic (exact) mass is 411 g/mol. The van der Waals surface area contributed by atoms with Gasteiger partial charge >= 0.3 is 0 Å². The summed E-state index contributed by atoms with van der Waals surface area (Å²) in [5.74, 6) is 2.22. The molecule has 0 aliphatic heterocycles. The smallest absolute Gasteiger partial charge is 0.219 e. The van der Waals surface area contributed by atoms with Gasteiger partial charge in [0.25, 0.3) is 0 Å². The molecule has 0 spiro atoms. The van der Waals surface area contributed by atoms with Crippen molar-refractivity contribution in [2.24, 2.45) is 4.99 Å². The number of guanidine groups is 1. The van der Waals surface area contributed by atoms with Gasteiger partial charge in [-0.05, 0) is 42.3 Å². The average Bonchev–Trinajstić information content (AvgIpc) is 3.18. The SMILES string of the molecule is CCc1noc(CC)c1CNC(=NC)NCc1ccnc(Oc2ccc(F)cc2)c1. The number of aliphatic imine (C=N–C) groups is 1. The zero-order chi connectivity index (χ0) is 21.3. The first-order valence-electron chi connectivity index (χ1n) is 9.92. The molecule has 0 radical (unpaired) electrons. The standard InChI is InChI=1S/C22H26FN5O2/c1-4-19-18(20(5-2)30-28-19)14-27-22(24-3)26-13-15-10-11-25-21(12-15)29-17-8-6-16(23)7-9-17/h6-12H,4-5,13-14H2,1-3H3,(H2,24,26,27). The Morgan fingerprint density at radius 1 is 1.10 bits per heavy atom. The summed E-state index contributed by atoms with van der Waals surface area (Å²) in [6.07, 6.45) is 3.29. The fraction of sp³-hybridized carbons (Fsp3) is 0.318. The van der Waals surface area contributed by atoms with Gasteiger partial charge in [-0.3, -0.25) is 4.99 Å². The van der Waals surface area contributed by atoms with Gasteiger partial charge in [-0.1, -0.05) is 19.0 Å². The Hall–Kier alpha value is -3.42. The largest absolute Gasteiger partial charge is 0.439 e. The van der Waals surface area contributed by atoms with E-state index in [-0.39, 0.29) is 5.82 Å². The molecule has 0 saturated carbocycles. The van der Waals surface area contributed by atoms with Crippen molar-refractivity contribution in [3.63, 3.8) is 0 Å². The number of halogens is 1. The first-order chi connectivity index (χ1) is 14.6. The van der Waals surface area contributed by atoms with Crippen LogP contribution >= 0.6 is 0 Å². The van der Waals surface area contributed by atoms with Crippen LogP contribution in [0.25, 0.3) is 0 Å². The molecule has 2 N–H and O–H groups in total. The normalized spacial score (nSPS) is 11.4. The highest BCUT2D eigenvalue weighted by atomic mass is 19.1. The first-order valence-corrected chi connectivity index (χ1v) is 9.92. The Labute approximate surface area is 175 Å². The quantitative estimate of drug-likeness (QED) is 0.431. The van der Waals surface area contributed by atoms with Crippen LogP contribution in [0.2, 0.25) is 0 Å². The van der Waals surface area contributed by atoms with Crippen molar-refractivity contribution in [1.82, 2.24) is 20.8 Å². The van der Waals surface area contributed by atoms with Gasteiger partial charge in [-0.15, -0.1) is 0 Å². The Kier molecular flexibility index (Phi) is 7.37. The Morgan fingerprint density at radius 3 is 2.57 bits per heavy atom. The van der Waals surface area contributed by atoms with Gasteiger partial charge in [0, 0.05) is 44.4 Å². The molecular formula is C22H26FN5O2. The van der Waals surface area contributed by atoms with Crippen molar-refractivity contribution in [2.75, 3.05) is 7.05 Å². The molecule has 0 fully saturated rings. The highest BCUT2D eigenvalue weighted by Gasteiger charge is 2.13. The molecule has 2 aromatic heterocycles. The minimum atomic E-state index is -0.310.